The minimum Gasteiger partial charge on any atom is -0.448 e. The summed E-state index contributed by atoms with van der Waals surface area (Å²) in [4.78, 5) is 13.1. The van der Waals surface area contributed by atoms with Crippen LogP contribution in [0.5, 0.6) is 11.5 Å². The molecular weight excluding hydrogens is 452 g/mol. The quantitative estimate of drug-likeness (QED) is 0.532. The van der Waals surface area contributed by atoms with Gasteiger partial charge in [-0.3, -0.25) is 4.79 Å². The molecule has 8 heteroatoms. The van der Waals surface area contributed by atoms with Gasteiger partial charge < -0.3 is 14.8 Å². The first-order valence-corrected chi connectivity index (χ1v) is 12.8. The normalized spacial score (nSPS) is 16.0. The number of carbonyl (C=O) groups excluding carboxylic acids is 1. The largest absolute Gasteiger partial charge is 0.448 e. The Kier molecular flexibility index (Phi) is 5.79. The van der Waals surface area contributed by atoms with Crippen molar-refractivity contribution in [1.82, 2.24) is 4.72 Å². The van der Waals surface area contributed by atoms with E-state index in [1.807, 2.05) is 30.3 Å². The number of carbonyl (C=O) groups is 1. The molecule has 0 unspecified atom stereocenters. The molecule has 0 radical (unpaired) electrons. The number of hydrogen-bond donors (Lipinski definition) is 2. The van der Waals surface area contributed by atoms with Gasteiger partial charge in [-0.1, -0.05) is 36.4 Å². The molecule has 1 heterocycles. The van der Waals surface area contributed by atoms with Crippen molar-refractivity contribution in [2.75, 3.05) is 5.32 Å². The zero-order valence-corrected chi connectivity index (χ0v) is 19.7. The Bertz CT molecular complexity index is 1330. The van der Waals surface area contributed by atoms with E-state index in [2.05, 4.69) is 10.0 Å². The lowest BCUT2D eigenvalue weighted by Crippen LogP contribution is -2.34. The van der Waals surface area contributed by atoms with Gasteiger partial charge in [-0.15, -0.1) is 0 Å². The van der Waals surface area contributed by atoms with E-state index in [4.69, 9.17) is 9.47 Å². The third kappa shape index (κ3) is 4.51. The van der Waals surface area contributed by atoms with Crippen molar-refractivity contribution in [2.45, 2.75) is 49.8 Å². The molecule has 2 N–H and O–H groups in total. The van der Waals surface area contributed by atoms with Crippen LogP contribution >= 0.6 is 0 Å². The van der Waals surface area contributed by atoms with Gasteiger partial charge in [-0.05, 0) is 55.2 Å². The summed E-state index contributed by atoms with van der Waals surface area (Å²) >= 11 is 0. The molecule has 0 bridgehead atoms. The Labute approximate surface area is 199 Å². The van der Waals surface area contributed by atoms with Crippen LogP contribution in [0.2, 0.25) is 0 Å². The van der Waals surface area contributed by atoms with Crippen LogP contribution in [0.1, 0.15) is 47.2 Å². The van der Waals surface area contributed by atoms with Crippen molar-refractivity contribution in [2.24, 2.45) is 0 Å². The Hall–Kier alpha value is -3.36. The van der Waals surface area contributed by atoms with Gasteiger partial charge in [0.05, 0.1) is 4.90 Å². The molecule has 7 nitrogen and oxygen atoms in total. The number of fused-ring (bicyclic) bond motifs is 1. The first-order chi connectivity index (χ1) is 16.3. The fourth-order valence-electron chi connectivity index (χ4n) is 4.36. The number of amides is 1. The summed E-state index contributed by atoms with van der Waals surface area (Å²) in [6.07, 6.45) is 3.83. The predicted octanol–water partition coefficient (Wildman–Crippen LogP) is 4.77. The molecule has 2 aliphatic rings. The third-order valence-electron chi connectivity index (χ3n) is 6.23. The Balaban J connectivity index is 1.31. The van der Waals surface area contributed by atoms with Crippen LogP contribution in [0.15, 0.2) is 71.6 Å². The summed E-state index contributed by atoms with van der Waals surface area (Å²) in [6, 6.07) is 19.1. The minimum atomic E-state index is -3.79. The molecule has 1 aliphatic heterocycles. The van der Waals surface area contributed by atoms with Crippen molar-refractivity contribution in [3.8, 4) is 11.5 Å². The van der Waals surface area contributed by atoms with Crippen molar-refractivity contribution < 1.29 is 22.7 Å². The number of anilines is 1. The van der Waals surface area contributed by atoms with E-state index in [-0.39, 0.29) is 17.0 Å². The molecule has 1 aliphatic carbocycles. The zero-order chi connectivity index (χ0) is 23.8. The average molecular weight is 479 g/mol. The van der Waals surface area contributed by atoms with Crippen LogP contribution in [0.4, 0.5) is 5.69 Å². The number of rotatable bonds is 6. The molecule has 0 aromatic heterocycles. The van der Waals surface area contributed by atoms with Crippen molar-refractivity contribution in [1.29, 1.82) is 0 Å². The van der Waals surface area contributed by atoms with Crippen LogP contribution < -0.4 is 19.5 Å². The van der Waals surface area contributed by atoms with Gasteiger partial charge in [0.15, 0.2) is 11.5 Å². The third-order valence-corrected chi connectivity index (χ3v) is 7.63. The van der Waals surface area contributed by atoms with Gasteiger partial charge in [-0.25, -0.2) is 13.1 Å². The second-order valence-corrected chi connectivity index (χ2v) is 10.5. The summed E-state index contributed by atoms with van der Waals surface area (Å²) in [6.45, 7) is 1.93. The molecule has 34 heavy (non-hydrogen) atoms. The zero-order valence-electron chi connectivity index (χ0n) is 18.8. The van der Waals surface area contributed by atoms with Gasteiger partial charge in [0.1, 0.15) is 0 Å². The lowest BCUT2D eigenvalue weighted by atomic mass is 10.1. The number of benzene rings is 3. The summed E-state index contributed by atoms with van der Waals surface area (Å²) < 4.78 is 40.3. The molecule has 3 aromatic carbocycles. The van der Waals surface area contributed by atoms with Crippen LogP contribution in [0.3, 0.4) is 0 Å². The van der Waals surface area contributed by atoms with Crippen LogP contribution in [0, 0.1) is 6.92 Å². The average Bonchev–Trinajstić information content (AvgIpc) is 3.43. The van der Waals surface area contributed by atoms with Gasteiger partial charge >= 0.3 is 0 Å². The maximum Gasteiger partial charge on any atom is 0.255 e. The molecule has 1 amide bonds. The maximum atomic E-state index is 13.0. The molecular formula is C26H26N2O5S. The van der Waals surface area contributed by atoms with Crippen molar-refractivity contribution >= 4 is 21.6 Å². The molecule has 5 rings (SSSR count). The van der Waals surface area contributed by atoms with E-state index >= 15 is 0 Å². The molecule has 1 fully saturated rings. The maximum absolute atomic E-state index is 13.0. The van der Waals surface area contributed by atoms with E-state index < -0.39 is 21.7 Å². The molecule has 3 aromatic rings. The SMILES string of the molecule is Cc1ccc(S(=O)(=O)NCc2ccccc2)cc1C(=O)Nc1ccc2c(c1)OC1(CCCC1)O2. The van der Waals surface area contributed by atoms with Gasteiger partial charge in [0.2, 0.25) is 10.0 Å². The number of aryl methyl sites for hydroxylation is 1. The fourth-order valence-corrected chi connectivity index (χ4v) is 5.40. The molecule has 0 saturated heterocycles. The smallest absolute Gasteiger partial charge is 0.255 e. The fraction of sp³-hybridized carbons (Fsp3) is 0.269. The number of hydrogen-bond acceptors (Lipinski definition) is 5. The van der Waals surface area contributed by atoms with Gasteiger partial charge in [-0.2, -0.15) is 0 Å². The molecule has 0 atom stereocenters. The van der Waals surface area contributed by atoms with E-state index in [1.165, 1.54) is 12.1 Å². The number of nitrogens with one attached hydrogen (secondary N) is 2. The second kappa shape index (κ2) is 8.77. The summed E-state index contributed by atoms with van der Waals surface area (Å²) in [5.74, 6) is 0.315. The Morgan fingerprint density at radius 1 is 0.941 bits per heavy atom. The van der Waals surface area contributed by atoms with Crippen molar-refractivity contribution in [3.63, 3.8) is 0 Å². The van der Waals surface area contributed by atoms with E-state index in [9.17, 15) is 13.2 Å². The lowest BCUT2D eigenvalue weighted by Gasteiger charge is -2.21. The van der Waals surface area contributed by atoms with Crippen LogP contribution in [0.25, 0.3) is 0 Å². The van der Waals surface area contributed by atoms with E-state index in [1.54, 1.807) is 31.2 Å². The number of ether oxygens (including phenoxy) is 2. The van der Waals surface area contributed by atoms with E-state index in [0.717, 1.165) is 31.2 Å². The van der Waals surface area contributed by atoms with Gasteiger partial charge in [0, 0.05) is 36.7 Å². The summed E-state index contributed by atoms with van der Waals surface area (Å²) in [7, 11) is -3.79. The first-order valence-electron chi connectivity index (χ1n) is 11.3. The van der Waals surface area contributed by atoms with Crippen LogP contribution in [-0.2, 0) is 16.6 Å². The predicted molar refractivity (Wildman–Crippen MR) is 128 cm³/mol. The second-order valence-electron chi connectivity index (χ2n) is 8.72. The molecule has 1 spiro atoms. The van der Waals surface area contributed by atoms with Crippen molar-refractivity contribution in [3.05, 3.63) is 83.4 Å². The first kappa shape index (κ1) is 22.4. The van der Waals surface area contributed by atoms with Gasteiger partial charge in [0.25, 0.3) is 11.7 Å². The summed E-state index contributed by atoms with van der Waals surface area (Å²) in [5, 5.41) is 2.85. The Morgan fingerprint density at radius 2 is 1.68 bits per heavy atom. The topological polar surface area (TPSA) is 93.7 Å². The highest BCUT2D eigenvalue weighted by molar-refractivity contribution is 7.89. The highest BCUT2D eigenvalue weighted by Crippen LogP contribution is 2.47. The number of sulfonamides is 1. The molecule has 1 saturated carbocycles. The summed E-state index contributed by atoms with van der Waals surface area (Å²) in [5.41, 5.74) is 2.35. The highest BCUT2D eigenvalue weighted by atomic mass is 32.2. The monoisotopic (exact) mass is 478 g/mol. The lowest BCUT2D eigenvalue weighted by molar-refractivity contribution is -0.0716. The van der Waals surface area contributed by atoms with E-state index in [0.29, 0.717) is 22.7 Å². The highest BCUT2D eigenvalue weighted by Gasteiger charge is 2.44. The standard InChI is InChI=1S/C26H26N2O5S/c1-18-9-11-21(34(30,31)27-17-19-7-3-2-4-8-19)16-22(18)25(29)28-20-10-12-23-24(15-20)33-26(32-23)13-5-6-14-26/h2-4,7-12,15-16,27H,5-6,13-14,17H2,1H3,(H,28,29). The van der Waals surface area contributed by atoms with Crippen LogP contribution in [-0.4, -0.2) is 20.1 Å². The molecule has 176 valence electrons. The minimum absolute atomic E-state index is 0.0352. The Morgan fingerprint density at radius 3 is 2.44 bits per heavy atom.